The Labute approximate surface area is 389 Å². The number of carbonyl (C=O) groups is 1. The van der Waals surface area contributed by atoms with Crippen LogP contribution >= 0.6 is 0 Å². The molecule has 2 N–H and O–H groups in total. The smallest absolute Gasteiger partial charge is 0.239 e. The van der Waals surface area contributed by atoms with Gasteiger partial charge in [-0.05, 0) is 93.0 Å². The van der Waals surface area contributed by atoms with Crippen molar-refractivity contribution >= 4 is 11.6 Å². The fourth-order valence-corrected chi connectivity index (χ4v) is 10.9. The fraction of sp³-hybridized carbons (Fsp3) is 0.667. The molecule has 2 aromatic rings. The number of ether oxygens (including phenoxy) is 4. The van der Waals surface area contributed by atoms with Crippen LogP contribution < -0.4 is 9.47 Å². The molecule has 2 aliphatic heterocycles. The maximum absolute atomic E-state index is 14.8. The minimum absolute atomic E-state index is 0.0637. The van der Waals surface area contributed by atoms with E-state index in [0.29, 0.717) is 55.9 Å². The highest BCUT2D eigenvalue weighted by Crippen LogP contribution is 2.62. The molecule has 7 atom stereocenters. The Morgan fingerprint density at radius 1 is 0.938 bits per heavy atom. The van der Waals surface area contributed by atoms with Gasteiger partial charge in [0.1, 0.15) is 30.0 Å². The van der Waals surface area contributed by atoms with Crippen molar-refractivity contribution in [2.45, 2.75) is 179 Å². The molecule has 2 aromatic carbocycles. The second-order valence-electron chi connectivity index (χ2n) is 18.7. The molecule has 1 saturated carbocycles. The molecule has 11 heteroatoms. The molecule has 65 heavy (non-hydrogen) atoms. The second kappa shape index (κ2) is 26.5. The Morgan fingerprint density at radius 3 is 2.40 bits per heavy atom. The Morgan fingerprint density at radius 2 is 1.69 bits per heavy atom. The minimum atomic E-state index is -1.32. The summed E-state index contributed by atoms with van der Waals surface area (Å²) in [7, 11) is 0. The van der Waals surface area contributed by atoms with Gasteiger partial charge in [0.05, 0.1) is 24.8 Å². The van der Waals surface area contributed by atoms with Crippen molar-refractivity contribution in [2.75, 3.05) is 33.0 Å². The maximum Gasteiger partial charge on any atom is 0.239 e. The molecule has 0 aromatic heterocycles. The third-order valence-electron chi connectivity index (χ3n) is 14.1. The number of oxime groups is 1. The summed E-state index contributed by atoms with van der Waals surface area (Å²) in [6, 6.07) is 12.0. The first kappa shape index (κ1) is 50.6. The first-order chi connectivity index (χ1) is 31.9. The molecule has 0 radical (unpaired) electrons. The summed E-state index contributed by atoms with van der Waals surface area (Å²) < 4.78 is 41.8. The predicted octanol–water partition coefficient (Wildman–Crippen LogP) is 11.7. The first-order valence-corrected chi connectivity index (χ1v) is 25.4. The van der Waals surface area contributed by atoms with Crippen LogP contribution in [-0.4, -0.2) is 77.8 Å². The molecule has 10 nitrogen and oxygen atoms in total. The van der Waals surface area contributed by atoms with Crippen molar-refractivity contribution in [1.82, 2.24) is 4.90 Å². The molecular formula is C54H79FN2O8. The lowest BCUT2D eigenvalue weighted by Crippen LogP contribution is -2.70. The summed E-state index contributed by atoms with van der Waals surface area (Å²) in [6.07, 6.45) is 23.2. The van der Waals surface area contributed by atoms with E-state index < -0.39 is 24.0 Å². The van der Waals surface area contributed by atoms with Gasteiger partial charge in [0.2, 0.25) is 18.0 Å². The van der Waals surface area contributed by atoms with E-state index >= 15 is 0 Å². The molecule has 1 unspecified atom stereocenters. The molecule has 0 bridgehead atoms. The summed E-state index contributed by atoms with van der Waals surface area (Å²) in [6.45, 7) is 10.1. The van der Waals surface area contributed by atoms with E-state index in [9.17, 15) is 19.4 Å². The summed E-state index contributed by atoms with van der Waals surface area (Å²) in [5.74, 6) is -0.727. The third kappa shape index (κ3) is 13.2. The van der Waals surface area contributed by atoms with E-state index in [4.69, 9.17) is 28.9 Å². The lowest BCUT2D eigenvalue weighted by Gasteiger charge is -2.60. The zero-order valence-electron chi connectivity index (χ0n) is 39.6. The third-order valence-corrected chi connectivity index (χ3v) is 14.1. The van der Waals surface area contributed by atoms with Crippen LogP contribution in [0.15, 0.2) is 71.9 Å². The molecule has 360 valence electrons. The van der Waals surface area contributed by atoms with Gasteiger partial charge in [-0.25, -0.2) is 4.39 Å². The molecule has 6 rings (SSSR count). The van der Waals surface area contributed by atoms with Crippen molar-refractivity contribution in [3.63, 3.8) is 0 Å². The number of fused-ring (bicyclic) bond motifs is 2. The zero-order valence-corrected chi connectivity index (χ0v) is 39.6. The first-order valence-electron chi connectivity index (χ1n) is 25.4. The largest absolute Gasteiger partial charge is 0.489 e. The van der Waals surface area contributed by atoms with Crippen LogP contribution in [-0.2, 0) is 25.7 Å². The van der Waals surface area contributed by atoms with Crippen LogP contribution in [0.5, 0.6) is 11.5 Å². The molecule has 2 heterocycles. The van der Waals surface area contributed by atoms with Crippen molar-refractivity contribution in [2.24, 2.45) is 22.9 Å². The Bertz CT molecular complexity index is 1830. The van der Waals surface area contributed by atoms with Gasteiger partial charge in [-0.15, -0.1) is 6.58 Å². The molecule has 2 fully saturated rings. The quantitative estimate of drug-likeness (QED) is 0.0471. The molecular weight excluding hydrogens is 824 g/mol. The van der Waals surface area contributed by atoms with E-state index in [2.05, 4.69) is 32.6 Å². The van der Waals surface area contributed by atoms with Gasteiger partial charge >= 0.3 is 0 Å². The van der Waals surface area contributed by atoms with Gasteiger partial charge in [0, 0.05) is 56.1 Å². The van der Waals surface area contributed by atoms with Crippen LogP contribution in [0.1, 0.15) is 166 Å². The standard InChI is InChI=1S/C54H79FN2O8/c1-4-7-8-9-10-11-12-13-14-27-50(60)57(31-5-2)49-38-47(56-65-51-28-19-22-35-61-51)44-36-40(23-17-20-32-58)43(25-18-21-33-59)52-45-37-42(62-39-41-24-15-16-26-46(41)55)29-30-48(45)64-54(49,53(44)52)63-34-6-3/h6,15-16,24,26,29-30,36-37,40,43,49,51-53,58-59H,3-5,7-14,17-23,25,27-28,31-35,38-39H2,1-2H3/t40-,43+,49-,51?,52+,53+,54+/m0/s1. The highest BCUT2D eigenvalue weighted by atomic mass is 19.1. The number of hydrogen-bond acceptors (Lipinski definition) is 9. The SMILES string of the molecule is C=CCO[C@@]12Oc3ccc(OCc4ccccc4F)cc3[C@H]3[C@H](CCCCO)[C@@H](CCCCO)C=C(C(=NOC4CCCCO4)C[C@@H]1N(CCC)C(=O)CCCCCCCCCCC)[C@H]32. The normalized spacial score (nSPS) is 25.2. The molecule has 1 saturated heterocycles. The molecule has 0 spiro atoms. The van der Waals surface area contributed by atoms with Gasteiger partial charge in [0.15, 0.2) is 0 Å². The van der Waals surface area contributed by atoms with E-state index in [1.165, 1.54) is 44.6 Å². The van der Waals surface area contributed by atoms with Gasteiger partial charge < -0.3 is 38.9 Å². The van der Waals surface area contributed by atoms with Gasteiger partial charge in [-0.3, -0.25) is 4.79 Å². The number of carbonyl (C=O) groups excluding carboxylic acids is 1. The van der Waals surface area contributed by atoms with Crippen LogP contribution in [0, 0.1) is 23.6 Å². The summed E-state index contributed by atoms with van der Waals surface area (Å²) in [4.78, 5) is 23.2. The number of allylic oxidation sites excluding steroid dienone is 1. The van der Waals surface area contributed by atoms with Crippen molar-refractivity contribution < 1.29 is 43.2 Å². The average molecular weight is 903 g/mol. The number of hydrogen-bond donors (Lipinski definition) is 2. The highest BCUT2D eigenvalue weighted by Gasteiger charge is 2.65. The molecule has 2 aliphatic carbocycles. The summed E-state index contributed by atoms with van der Waals surface area (Å²) in [5.41, 5.74) is 3.19. The zero-order chi connectivity index (χ0) is 45.9. The fourth-order valence-electron chi connectivity index (χ4n) is 10.9. The summed E-state index contributed by atoms with van der Waals surface area (Å²) >= 11 is 0. The lowest BCUT2D eigenvalue weighted by molar-refractivity contribution is -0.257. The van der Waals surface area contributed by atoms with Crippen LogP contribution in [0.4, 0.5) is 4.39 Å². The number of halogens is 1. The summed E-state index contributed by atoms with van der Waals surface area (Å²) in [5, 5.41) is 25.0. The van der Waals surface area contributed by atoms with E-state index in [-0.39, 0.29) is 55.9 Å². The molecule has 4 aliphatic rings. The Balaban J connectivity index is 1.45. The van der Waals surface area contributed by atoms with E-state index in [0.717, 1.165) is 87.5 Å². The Kier molecular flexibility index (Phi) is 20.7. The number of benzene rings is 2. The topological polar surface area (TPSA) is 119 Å². The predicted molar refractivity (Wildman–Crippen MR) is 254 cm³/mol. The van der Waals surface area contributed by atoms with Crippen molar-refractivity contribution in [1.29, 1.82) is 0 Å². The van der Waals surface area contributed by atoms with Crippen LogP contribution in [0.3, 0.4) is 0 Å². The lowest BCUT2D eigenvalue weighted by atomic mass is 9.55. The number of aliphatic hydroxyl groups excluding tert-OH is 2. The van der Waals surface area contributed by atoms with Gasteiger partial charge in [-0.2, -0.15) is 0 Å². The number of aliphatic hydroxyl groups is 2. The number of unbranched alkanes of at least 4 members (excludes halogenated alkanes) is 10. The molecule has 1 amide bonds. The number of amides is 1. The number of rotatable bonds is 29. The highest BCUT2D eigenvalue weighted by molar-refractivity contribution is 6.03. The average Bonchev–Trinajstić information content (AvgIpc) is 3.32. The van der Waals surface area contributed by atoms with Crippen molar-refractivity contribution in [3.8, 4) is 11.5 Å². The monoisotopic (exact) mass is 903 g/mol. The van der Waals surface area contributed by atoms with Gasteiger partial charge in [0.25, 0.3) is 0 Å². The minimum Gasteiger partial charge on any atom is -0.489 e. The maximum atomic E-state index is 14.8. The van der Waals surface area contributed by atoms with E-state index in [1.54, 1.807) is 24.3 Å². The van der Waals surface area contributed by atoms with E-state index in [1.807, 2.05) is 17.0 Å². The number of nitrogens with zero attached hydrogens (tertiary/aromatic N) is 2. The second-order valence-corrected chi connectivity index (χ2v) is 18.7. The van der Waals surface area contributed by atoms with Crippen molar-refractivity contribution in [3.05, 3.63) is 83.7 Å². The van der Waals surface area contributed by atoms with Crippen LogP contribution in [0.25, 0.3) is 0 Å². The van der Waals surface area contributed by atoms with Crippen LogP contribution in [0.2, 0.25) is 0 Å². The van der Waals surface area contributed by atoms with Gasteiger partial charge in [-0.1, -0.05) is 114 Å². The Hall–Kier alpha value is -3.77.